The van der Waals surface area contributed by atoms with Crippen LogP contribution in [0.2, 0.25) is 0 Å². The summed E-state index contributed by atoms with van der Waals surface area (Å²) in [6, 6.07) is 5.49. The smallest absolute Gasteiger partial charge is 0.344 e. The third kappa shape index (κ3) is 8.35. The van der Waals surface area contributed by atoms with E-state index in [1.54, 1.807) is 24.3 Å². The van der Waals surface area contributed by atoms with Gasteiger partial charge in [0.25, 0.3) is 5.91 Å². The molecule has 148 valence electrons. The Kier molecular flexibility index (Phi) is 8.98. The molecule has 1 aromatic carbocycles. The summed E-state index contributed by atoms with van der Waals surface area (Å²) in [7, 11) is 1.24. The highest BCUT2D eigenvalue weighted by atomic mass is 16.6. The third-order valence-corrected chi connectivity index (χ3v) is 3.51. The third-order valence-electron chi connectivity index (χ3n) is 3.51. The van der Waals surface area contributed by atoms with E-state index in [2.05, 4.69) is 10.1 Å². The van der Waals surface area contributed by atoms with Gasteiger partial charge in [0.05, 0.1) is 7.11 Å². The Labute approximate surface area is 158 Å². The van der Waals surface area contributed by atoms with Crippen LogP contribution >= 0.6 is 0 Å². The van der Waals surface area contributed by atoms with E-state index in [1.807, 2.05) is 13.8 Å². The molecule has 27 heavy (non-hydrogen) atoms. The van der Waals surface area contributed by atoms with Crippen LogP contribution in [0, 0.1) is 5.92 Å². The molecule has 1 atom stereocenters. The number of Topliss-reactive ketones (excluding diaryl/α,β-unsaturated/α-hetero) is 1. The summed E-state index contributed by atoms with van der Waals surface area (Å²) in [5, 5.41) is 2.48. The molecule has 0 radical (unpaired) electrons. The first-order valence-electron chi connectivity index (χ1n) is 8.49. The maximum absolute atomic E-state index is 11.9. The van der Waals surface area contributed by atoms with Crippen molar-refractivity contribution in [2.75, 3.05) is 20.3 Å². The van der Waals surface area contributed by atoms with E-state index in [1.165, 1.54) is 14.0 Å². The Bertz CT molecular complexity index is 667. The summed E-state index contributed by atoms with van der Waals surface area (Å²) < 4.78 is 14.7. The van der Waals surface area contributed by atoms with Crippen molar-refractivity contribution < 1.29 is 33.4 Å². The zero-order valence-corrected chi connectivity index (χ0v) is 15.9. The van der Waals surface area contributed by atoms with Crippen molar-refractivity contribution in [2.24, 2.45) is 5.92 Å². The van der Waals surface area contributed by atoms with E-state index >= 15 is 0 Å². The van der Waals surface area contributed by atoms with Gasteiger partial charge in [0, 0.05) is 5.56 Å². The van der Waals surface area contributed by atoms with Crippen molar-refractivity contribution in [1.29, 1.82) is 0 Å². The number of nitrogens with one attached hydrogen (secondary N) is 1. The van der Waals surface area contributed by atoms with Gasteiger partial charge in [-0.15, -0.1) is 0 Å². The lowest BCUT2D eigenvalue weighted by molar-refractivity contribution is -0.151. The number of hydrogen-bond acceptors (Lipinski definition) is 7. The van der Waals surface area contributed by atoms with E-state index in [0.29, 0.717) is 17.7 Å². The second-order valence-electron chi connectivity index (χ2n) is 6.30. The molecular weight excluding hydrogens is 354 g/mol. The molecular formula is C19H25NO7. The number of hydrogen-bond donors (Lipinski definition) is 1. The highest BCUT2D eigenvalue weighted by Gasteiger charge is 2.23. The topological polar surface area (TPSA) is 108 Å². The van der Waals surface area contributed by atoms with Crippen molar-refractivity contribution in [2.45, 2.75) is 33.2 Å². The Hall–Kier alpha value is -2.90. The lowest BCUT2D eigenvalue weighted by atomic mass is 10.0. The molecule has 0 fully saturated rings. The van der Waals surface area contributed by atoms with Crippen molar-refractivity contribution in [3.05, 3.63) is 29.8 Å². The molecule has 0 spiro atoms. The summed E-state index contributed by atoms with van der Waals surface area (Å²) in [4.78, 5) is 46.4. The van der Waals surface area contributed by atoms with Crippen LogP contribution in [0.3, 0.4) is 0 Å². The summed E-state index contributed by atoms with van der Waals surface area (Å²) in [6.07, 6.45) is 0.408. The van der Waals surface area contributed by atoms with E-state index in [0.717, 1.165) is 0 Å². The van der Waals surface area contributed by atoms with Crippen LogP contribution in [0.5, 0.6) is 5.75 Å². The fraction of sp³-hybridized carbons (Fsp3) is 0.474. The zero-order chi connectivity index (χ0) is 20.4. The Morgan fingerprint density at radius 3 is 2.19 bits per heavy atom. The van der Waals surface area contributed by atoms with Gasteiger partial charge in [-0.25, -0.2) is 9.59 Å². The number of amides is 1. The number of carbonyl (C=O) groups excluding carboxylic acids is 4. The van der Waals surface area contributed by atoms with Crippen LogP contribution in [0.4, 0.5) is 0 Å². The maximum atomic E-state index is 11.9. The molecule has 1 rings (SSSR count). The SMILES string of the molecule is COC(=O)[C@H](CC(C)C)NC(=O)COC(=O)COc1ccc(C(C)=O)cc1. The van der Waals surface area contributed by atoms with Gasteiger partial charge in [0.15, 0.2) is 19.0 Å². The largest absolute Gasteiger partial charge is 0.482 e. The summed E-state index contributed by atoms with van der Waals surface area (Å²) >= 11 is 0. The number of benzene rings is 1. The molecule has 0 unspecified atom stereocenters. The Balaban J connectivity index is 2.40. The maximum Gasteiger partial charge on any atom is 0.344 e. The Morgan fingerprint density at radius 2 is 1.67 bits per heavy atom. The second-order valence-corrected chi connectivity index (χ2v) is 6.30. The van der Waals surface area contributed by atoms with Gasteiger partial charge in [-0.1, -0.05) is 13.8 Å². The standard InChI is InChI=1S/C19H25NO7/c1-12(2)9-16(19(24)25-4)20-17(22)10-27-18(23)11-26-15-7-5-14(6-8-15)13(3)21/h5-8,12,16H,9-11H2,1-4H3,(H,20,22)/t16-/m0/s1. The van der Waals surface area contributed by atoms with Gasteiger partial charge < -0.3 is 19.5 Å². The number of esters is 2. The van der Waals surface area contributed by atoms with Crippen LogP contribution in [0.1, 0.15) is 37.6 Å². The monoisotopic (exact) mass is 379 g/mol. The fourth-order valence-electron chi connectivity index (χ4n) is 2.18. The summed E-state index contributed by atoms with van der Waals surface area (Å²) in [5.74, 6) is -1.41. The molecule has 0 saturated carbocycles. The van der Waals surface area contributed by atoms with Crippen LogP contribution < -0.4 is 10.1 Å². The van der Waals surface area contributed by atoms with Crippen LogP contribution in [-0.4, -0.2) is 50.0 Å². The molecule has 8 heteroatoms. The lowest BCUT2D eigenvalue weighted by Crippen LogP contribution is -2.44. The molecule has 1 amide bonds. The van der Waals surface area contributed by atoms with Gasteiger partial charge in [-0.2, -0.15) is 0 Å². The van der Waals surface area contributed by atoms with Gasteiger partial charge in [-0.3, -0.25) is 9.59 Å². The molecule has 1 N–H and O–H groups in total. The van der Waals surface area contributed by atoms with E-state index < -0.39 is 30.5 Å². The molecule has 0 aliphatic heterocycles. The van der Waals surface area contributed by atoms with E-state index in [4.69, 9.17) is 9.47 Å². The van der Waals surface area contributed by atoms with Crippen LogP contribution in [-0.2, 0) is 23.9 Å². The van der Waals surface area contributed by atoms with Crippen molar-refractivity contribution in [1.82, 2.24) is 5.32 Å². The first-order chi connectivity index (χ1) is 12.7. The molecule has 0 heterocycles. The summed E-state index contributed by atoms with van der Waals surface area (Å²) in [5.41, 5.74) is 0.531. The predicted octanol–water partition coefficient (Wildman–Crippen LogP) is 1.52. The molecule has 0 aliphatic rings. The van der Waals surface area contributed by atoms with Crippen molar-refractivity contribution in [3.8, 4) is 5.75 Å². The first-order valence-corrected chi connectivity index (χ1v) is 8.49. The van der Waals surface area contributed by atoms with Crippen LogP contribution in [0.25, 0.3) is 0 Å². The minimum Gasteiger partial charge on any atom is -0.482 e. The number of ketones is 1. The van der Waals surface area contributed by atoms with Gasteiger partial charge in [0.1, 0.15) is 11.8 Å². The molecule has 0 saturated heterocycles. The Morgan fingerprint density at radius 1 is 1.04 bits per heavy atom. The normalized spacial score (nSPS) is 11.4. The summed E-state index contributed by atoms with van der Waals surface area (Å²) in [6.45, 7) is 4.34. The number of carbonyl (C=O) groups is 4. The number of methoxy groups -OCH3 is 1. The minimum atomic E-state index is -0.794. The van der Waals surface area contributed by atoms with Gasteiger partial charge in [-0.05, 0) is 43.5 Å². The molecule has 0 aromatic heterocycles. The molecule has 0 aliphatic carbocycles. The van der Waals surface area contributed by atoms with Crippen molar-refractivity contribution in [3.63, 3.8) is 0 Å². The molecule has 0 bridgehead atoms. The van der Waals surface area contributed by atoms with E-state index in [9.17, 15) is 19.2 Å². The van der Waals surface area contributed by atoms with E-state index in [-0.39, 0.29) is 18.3 Å². The highest BCUT2D eigenvalue weighted by Crippen LogP contribution is 2.12. The zero-order valence-electron chi connectivity index (χ0n) is 15.9. The minimum absolute atomic E-state index is 0.0744. The first kappa shape index (κ1) is 22.1. The van der Waals surface area contributed by atoms with Gasteiger partial charge in [0.2, 0.25) is 0 Å². The lowest BCUT2D eigenvalue weighted by Gasteiger charge is -2.18. The van der Waals surface area contributed by atoms with Crippen LogP contribution in [0.15, 0.2) is 24.3 Å². The van der Waals surface area contributed by atoms with Gasteiger partial charge >= 0.3 is 11.9 Å². The van der Waals surface area contributed by atoms with Crippen molar-refractivity contribution >= 4 is 23.6 Å². The second kappa shape index (κ2) is 10.9. The molecule has 1 aromatic rings. The number of rotatable bonds is 10. The quantitative estimate of drug-likeness (QED) is 0.485. The highest BCUT2D eigenvalue weighted by molar-refractivity contribution is 5.94. The average molecular weight is 379 g/mol. The average Bonchev–Trinajstić information content (AvgIpc) is 2.63. The predicted molar refractivity (Wildman–Crippen MR) is 96.3 cm³/mol. The number of ether oxygens (including phenoxy) is 3. The fourth-order valence-corrected chi connectivity index (χ4v) is 2.18. The molecule has 8 nitrogen and oxygen atoms in total.